The van der Waals surface area contributed by atoms with Gasteiger partial charge in [-0.1, -0.05) is 36.3 Å². The molecule has 1 aliphatic rings. The molecule has 0 radical (unpaired) electrons. The van der Waals surface area contributed by atoms with Crippen molar-refractivity contribution in [2.45, 2.75) is 6.42 Å². The summed E-state index contributed by atoms with van der Waals surface area (Å²) in [5.41, 5.74) is 6.40. The van der Waals surface area contributed by atoms with E-state index in [0.717, 1.165) is 12.0 Å². The highest BCUT2D eigenvalue weighted by Gasteiger charge is 2.17. The van der Waals surface area contributed by atoms with Crippen molar-refractivity contribution in [1.82, 2.24) is 0 Å². The van der Waals surface area contributed by atoms with Gasteiger partial charge in [0.1, 0.15) is 0 Å². The number of rotatable bonds is 0. The highest BCUT2D eigenvalue weighted by Crippen LogP contribution is 2.36. The van der Waals surface area contributed by atoms with Crippen LogP contribution in [0.4, 0.5) is 0 Å². The molecule has 0 atom stereocenters. The average molecular weight is 190 g/mol. The fraction of sp³-hybridized carbons (Fsp3) is 0.0667. The Morgan fingerprint density at radius 1 is 0.933 bits per heavy atom. The van der Waals surface area contributed by atoms with E-state index in [0.29, 0.717) is 0 Å². The zero-order chi connectivity index (χ0) is 10.3. The third kappa shape index (κ3) is 1.17. The summed E-state index contributed by atoms with van der Waals surface area (Å²) < 4.78 is 0. The number of terminal acetylenes is 1. The molecule has 0 heteroatoms. The zero-order valence-corrected chi connectivity index (χ0v) is 8.33. The van der Waals surface area contributed by atoms with Crippen LogP contribution in [0.1, 0.15) is 16.7 Å². The summed E-state index contributed by atoms with van der Waals surface area (Å²) in [7, 11) is 0. The van der Waals surface area contributed by atoms with Gasteiger partial charge in [-0.2, -0.15) is 0 Å². The van der Waals surface area contributed by atoms with Gasteiger partial charge in [0.15, 0.2) is 0 Å². The highest BCUT2D eigenvalue weighted by molar-refractivity contribution is 5.77. The lowest BCUT2D eigenvalue weighted by Gasteiger charge is -2.00. The van der Waals surface area contributed by atoms with Crippen LogP contribution >= 0.6 is 0 Å². The van der Waals surface area contributed by atoms with Gasteiger partial charge in [0.2, 0.25) is 0 Å². The molecule has 2 aromatic rings. The van der Waals surface area contributed by atoms with Gasteiger partial charge in [0.25, 0.3) is 0 Å². The zero-order valence-electron chi connectivity index (χ0n) is 8.33. The van der Waals surface area contributed by atoms with Crippen LogP contribution < -0.4 is 0 Å². The van der Waals surface area contributed by atoms with Gasteiger partial charge in [-0.3, -0.25) is 0 Å². The molecule has 0 N–H and O–H groups in total. The maximum absolute atomic E-state index is 5.41. The summed E-state index contributed by atoms with van der Waals surface area (Å²) >= 11 is 0. The van der Waals surface area contributed by atoms with E-state index >= 15 is 0 Å². The van der Waals surface area contributed by atoms with Crippen molar-refractivity contribution in [3.8, 4) is 23.5 Å². The quantitative estimate of drug-likeness (QED) is 0.477. The molecule has 0 aliphatic heterocycles. The summed E-state index contributed by atoms with van der Waals surface area (Å²) in [6, 6.07) is 14.8. The van der Waals surface area contributed by atoms with Crippen LogP contribution in [0.15, 0.2) is 42.5 Å². The Balaban J connectivity index is 2.27. The standard InChI is InChI=1S/C15H10/c1-2-11-7-8-13-10-12-5-3-4-6-14(12)15(13)9-11/h1,3-9H,10H2. The van der Waals surface area contributed by atoms with Crippen LogP contribution in [0.3, 0.4) is 0 Å². The maximum Gasteiger partial charge on any atom is 0.0248 e. The van der Waals surface area contributed by atoms with Crippen LogP contribution in [0, 0.1) is 12.3 Å². The summed E-state index contributed by atoms with van der Waals surface area (Å²) in [6.45, 7) is 0. The summed E-state index contributed by atoms with van der Waals surface area (Å²) in [5, 5.41) is 0. The molecule has 15 heavy (non-hydrogen) atoms. The van der Waals surface area contributed by atoms with Crippen LogP contribution in [0.5, 0.6) is 0 Å². The van der Waals surface area contributed by atoms with E-state index in [9.17, 15) is 0 Å². The van der Waals surface area contributed by atoms with E-state index in [2.05, 4.69) is 42.3 Å². The fourth-order valence-electron chi connectivity index (χ4n) is 2.21. The van der Waals surface area contributed by atoms with E-state index in [1.54, 1.807) is 0 Å². The van der Waals surface area contributed by atoms with Gasteiger partial charge in [-0.25, -0.2) is 0 Å². The largest absolute Gasteiger partial charge is 0.115 e. The van der Waals surface area contributed by atoms with Crippen molar-refractivity contribution < 1.29 is 0 Å². The molecule has 0 nitrogen and oxygen atoms in total. The van der Waals surface area contributed by atoms with Gasteiger partial charge in [-0.15, -0.1) is 6.42 Å². The smallest absolute Gasteiger partial charge is 0.0248 e. The van der Waals surface area contributed by atoms with Gasteiger partial charge in [0.05, 0.1) is 0 Å². The maximum atomic E-state index is 5.41. The number of benzene rings is 2. The number of hydrogen-bond donors (Lipinski definition) is 0. The van der Waals surface area contributed by atoms with Gasteiger partial charge >= 0.3 is 0 Å². The Morgan fingerprint density at radius 3 is 2.60 bits per heavy atom. The lowest BCUT2D eigenvalue weighted by Crippen LogP contribution is -1.81. The van der Waals surface area contributed by atoms with Crippen LogP contribution in [0.25, 0.3) is 11.1 Å². The molecule has 0 bridgehead atoms. The van der Waals surface area contributed by atoms with E-state index < -0.39 is 0 Å². The second kappa shape index (κ2) is 3.00. The minimum absolute atomic E-state index is 0.963. The first-order chi connectivity index (χ1) is 7.38. The second-order valence-electron chi connectivity index (χ2n) is 3.85. The van der Waals surface area contributed by atoms with Crippen LogP contribution in [0.2, 0.25) is 0 Å². The predicted molar refractivity (Wildman–Crippen MR) is 62.6 cm³/mol. The molecular formula is C15H10. The third-order valence-electron chi connectivity index (χ3n) is 2.96. The van der Waals surface area contributed by atoms with Crippen molar-refractivity contribution in [3.63, 3.8) is 0 Å². The van der Waals surface area contributed by atoms with E-state index in [1.807, 2.05) is 6.07 Å². The van der Waals surface area contributed by atoms with Crippen molar-refractivity contribution in [3.05, 3.63) is 59.2 Å². The molecule has 0 aromatic heterocycles. The van der Waals surface area contributed by atoms with Crippen LogP contribution in [-0.2, 0) is 6.42 Å². The summed E-state index contributed by atoms with van der Waals surface area (Å²) in [5.74, 6) is 2.69. The second-order valence-corrected chi connectivity index (χ2v) is 3.85. The molecular weight excluding hydrogens is 180 g/mol. The van der Waals surface area contributed by atoms with Gasteiger partial charge < -0.3 is 0 Å². The van der Waals surface area contributed by atoms with E-state index in [4.69, 9.17) is 6.42 Å². The highest BCUT2D eigenvalue weighted by atomic mass is 14.2. The Kier molecular flexibility index (Phi) is 1.66. The monoisotopic (exact) mass is 190 g/mol. The average Bonchev–Trinajstić information content (AvgIpc) is 2.66. The minimum atomic E-state index is 0.963. The normalized spacial score (nSPS) is 11.7. The molecule has 0 amide bonds. The third-order valence-corrected chi connectivity index (χ3v) is 2.96. The SMILES string of the molecule is C#Cc1ccc2c(c1)-c1ccccc1C2. The minimum Gasteiger partial charge on any atom is -0.115 e. The fourth-order valence-corrected chi connectivity index (χ4v) is 2.21. The number of hydrogen-bond acceptors (Lipinski definition) is 0. The first kappa shape index (κ1) is 8.32. The first-order valence-electron chi connectivity index (χ1n) is 5.06. The lowest BCUT2D eigenvalue weighted by molar-refractivity contribution is 1.26. The molecule has 3 rings (SSSR count). The molecule has 70 valence electrons. The Bertz CT molecular complexity index is 571. The van der Waals surface area contributed by atoms with E-state index in [1.165, 1.54) is 22.3 Å². The van der Waals surface area contributed by atoms with E-state index in [-0.39, 0.29) is 0 Å². The summed E-state index contributed by atoms with van der Waals surface area (Å²) in [4.78, 5) is 0. The van der Waals surface area contributed by atoms with Crippen molar-refractivity contribution in [1.29, 1.82) is 0 Å². The lowest BCUT2D eigenvalue weighted by atomic mass is 10.0. The molecule has 0 unspecified atom stereocenters. The molecule has 0 fully saturated rings. The van der Waals surface area contributed by atoms with Crippen LogP contribution in [-0.4, -0.2) is 0 Å². The Hall–Kier alpha value is -2.00. The Labute approximate surface area is 89.6 Å². The molecule has 2 aromatic carbocycles. The molecule has 0 saturated carbocycles. The molecule has 0 saturated heterocycles. The number of fused-ring (bicyclic) bond motifs is 3. The summed E-state index contributed by atoms with van der Waals surface area (Å²) in [6.07, 6.45) is 6.45. The molecule has 0 spiro atoms. The Morgan fingerprint density at radius 2 is 1.73 bits per heavy atom. The molecule has 1 aliphatic carbocycles. The topological polar surface area (TPSA) is 0 Å². The van der Waals surface area contributed by atoms with Crippen molar-refractivity contribution in [2.24, 2.45) is 0 Å². The predicted octanol–water partition coefficient (Wildman–Crippen LogP) is 3.24. The van der Waals surface area contributed by atoms with Gasteiger partial charge in [-0.05, 0) is 40.8 Å². The van der Waals surface area contributed by atoms with Crippen molar-refractivity contribution in [2.75, 3.05) is 0 Å². The first-order valence-corrected chi connectivity index (χ1v) is 5.06. The van der Waals surface area contributed by atoms with Gasteiger partial charge in [0, 0.05) is 5.56 Å². The van der Waals surface area contributed by atoms with Crippen molar-refractivity contribution >= 4 is 0 Å². The molecule has 0 heterocycles.